The number of rotatable bonds is 6. The minimum absolute atomic E-state index is 0.0660. The summed E-state index contributed by atoms with van der Waals surface area (Å²) < 4.78 is 0. The molecule has 4 rings (SSSR count). The predicted molar refractivity (Wildman–Crippen MR) is 105 cm³/mol. The number of benzene rings is 1. The van der Waals surface area contributed by atoms with Crippen LogP contribution in [0.4, 0.5) is 5.69 Å². The molecule has 1 aliphatic rings. The van der Waals surface area contributed by atoms with Gasteiger partial charge in [-0.25, -0.2) is 4.98 Å². The molecule has 0 saturated heterocycles. The van der Waals surface area contributed by atoms with Gasteiger partial charge in [0.15, 0.2) is 12.4 Å². The van der Waals surface area contributed by atoms with Crippen molar-refractivity contribution in [3.05, 3.63) is 104 Å². The highest BCUT2D eigenvalue weighted by Gasteiger charge is 2.40. The molecular weight excluding hydrogens is 406 g/mol. The lowest BCUT2D eigenvalue weighted by Crippen LogP contribution is -2.32. The second-order valence-electron chi connectivity index (χ2n) is 6.65. The molecule has 9 heteroatoms. The number of nitro groups is 1. The zero-order chi connectivity index (χ0) is 21.3. The van der Waals surface area contributed by atoms with E-state index >= 15 is 0 Å². The third-order valence-corrected chi connectivity index (χ3v) is 5.66. The zero-order valence-electron chi connectivity index (χ0n) is 15.5. The lowest BCUT2D eigenvalue weighted by atomic mass is 9.95. The van der Waals surface area contributed by atoms with Crippen molar-refractivity contribution in [3.8, 4) is 0 Å². The van der Waals surface area contributed by atoms with Gasteiger partial charge < -0.3 is 10.0 Å². The van der Waals surface area contributed by atoms with Gasteiger partial charge in [-0.2, -0.15) is 0 Å². The number of ketones is 1. The van der Waals surface area contributed by atoms with Crippen molar-refractivity contribution in [3.63, 3.8) is 0 Å². The highest BCUT2D eigenvalue weighted by atomic mass is 32.1. The summed E-state index contributed by atoms with van der Waals surface area (Å²) >= 11 is 1.17. The molecule has 1 atom stereocenters. The number of Topliss-reactive ketones (excluding diaryl/α,β-unsaturated/α-hetero) is 1. The normalized spacial score (nSPS) is 16.2. The van der Waals surface area contributed by atoms with E-state index in [1.807, 2.05) is 0 Å². The number of carbonyl (C=O) groups excluding carboxylic acids is 2. The number of amides is 1. The first kappa shape index (κ1) is 19.5. The largest absolute Gasteiger partial charge is 0.868 e. The smallest absolute Gasteiger partial charge is 0.269 e. The van der Waals surface area contributed by atoms with Gasteiger partial charge in [-0.1, -0.05) is 18.2 Å². The van der Waals surface area contributed by atoms with Crippen LogP contribution < -0.4 is 10.1 Å². The van der Waals surface area contributed by atoms with Crippen molar-refractivity contribution in [2.45, 2.75) is 12.6 Å². The molecule has 1 amide bonds. The minimum atomic E-state index is -1.01. The van der Waals surface area contributed by atoms with E-state index in [2.05, 4.69) is 4.98 Å². The van der Waals surface area contributed by atoms with Crippen LogP contribution in [-0.2, 0) is 11.3 Å². The third-order valence-electron chi connectivity index (χ3n) is 4.80. The molecule has 0 saturated carbocycles. The molecule has 0 aliphatic carbocycles. The maximum absolute atomic E-state index is 13.1. The van der Waals surface area contributed by atoms with E-state index in [1.54, 1.807) is 48.1 Å². The molecular formula is C21H15N3O5S. The lowest BCUT2D eigenvalue weighted by molar-refractivity contribution is -0.385. The first-order valence-corrected chi connectivity index (χ1v) is 9.85. The van der Waals surface area contributed by atoms with E-state index in [0.717, 1.165) is 5.56 Å². The van der Waals surface area contributed by atoms with Crippen LogP contribution in [0, 0.1) is 10.1 Å². The zero-order valence-corrected chi connectivity index (χ0v) is 16.3. The van der Waals surface area contributed by atoms with Crippen LogP contribution >= 0.6 is 11.3 Å². The van der Waals surface area contributed by atoms with Gasteiger partial charge in [0, 0.05) is 29.3 Å². The Kier molecular flexibility index (Phi) is 5.11. The van der Waals surface area contributed by atoms with Gasteiger partial charge >= 0.3 is 0 Å². The van der Waals surface area contributed by atoms with Crippen molar-refractivity contribution in [1.29, 1.82) is 0 Å². The van der Waals surface area contributed by atoms with Crippen LogP contribution in [0.3, 0.4) is 0 Å². The summed E-state index contributed by atoms with van der Waals surface area (Å²) in [5.41, 5.74) is 0.681. The molecule has 0 bridgehead atoms. The first-order chi connectivity index (χ1) is 14.5. The molecule has 0 fully saturated rings. The third kappa shape index (κ3) is 3.46. The minimum Gasteiger partial charge on any atom is -0.868 e. The molecule has 2 aromatic heterocycles. The van der Waals surface area contributed by atoms with Crippen molar-refractivity contribution in [1.82, 2.24) is 4.90 Å². The lowest BCUT2D eigenvalue weighted by Gasteiger charge is -2.27. The molecule has 8 nitrogen and oxygen atoms in total. The molecule has 30 heavy (non-hydrogen) atoms. The number of pyridine rings is 1. The molecule has 0 spiro atoms. The van der Waals surface area contributed by atoms with Crippen molar-refractivity contribution >= 4 is 28.7 Å². The number of carbonyl (C=O) groups is 2. The van der Waals surface area contributed by atoms with Gasteiger partial charge in [0.2, 0.25) is 11.7 Å². The number of non-ortho nitro benzene ring substituents is 1. The molecule has 1 N–H and O–H groups in total. The van der Waals surface area contributed by atoms with Crippen molar-refractivity contribution in [2.75, 3.05) is 0 Å². The number of thiophene rings is 1. The Morgan fingerprint density at radius 2 is 2.03 bits per heavy atom. The first-order valence-electron chi connectivity index (χ1n) is 8.97. The summed E-state index contributed by atoms with van der Waals surface area (Å²) in [6, 6.07) is 11.4. The fraction of sp³-hybridized carbons (Fsp3) is 0.0952. The summed E-state index contributed by atoms with van der Waals surface area (Å²) in [6.45, 7) is 0.0660. The number of H-pyrrole nitrogens is 1. The number of nitro benzene ring substituents is 1. The van der Waals surface area contributed by atoms with Crippen LogP contribution in [0.1, 0.15) is 26.8 Å². The van der Waals surface area contributed by atoms with Crippen LogP contribution in [0.2, 0.25) is 0 Å². The van der Waals surface area contributed by atoms with E-state index in [9.17, 15) is 24.8 Å². The second-order valence-corrected chi connectivity index (χ2v) is 7.60. The fourth-order valence-corrected chi connectivity index (χ4v) is 4.13. The van der Waals surface area contributed by atoms with E-state index in [-0.39, 0.29) is 17.8 Å². The monoisotopic (exact) mass is 421 g/mol. The average molecular weight is 421 g/mol. The Morgan fingerprint density at radius 3 is 2.70 bits per heavy atom. The number of aromatic nitrogens is 1. The van der Waals surface area contributed by atoms with E-state index in [4.69, 9.17) is 0 Å². The maximum Gasteiger partial charge on any atom is 0.269 e. The molecule has 1 aromatic carbocycles. The van der Waals surface area contributed by atoms with Gasteiger partial charge in [-0.15, -0.1) is 11.3 Å². The van der Waals surface area contributed by atoms with Gasteiger partial charge in [-0.05, 0) is 28.8 Å². The molecule has 3 aromatic rings. The number of hydrogen-bond acceptors (Lipinski definition) is 6. The van der Waals surface area contributed by atoms with Gasteiger partial charge in [0.25, 0.3) is 5.69 Å². The van der Waals surface area contributed by atoms with Gasteiger partial charge in [0.1, 0.15) is 0 Å². The summed E-state index contributed by atoms with van der Waals surface area (Å²) in [5.74, 6) is -2.23. The highest BCUT2D eigenvalue weighted by Crippen LogP contribution is 2.40. The van der Waals surface area contributed by atoms with E-state index in [0.29, 0.717) is 10.4 Å². The number of nitrogens with zero attached hydrogens (tertiary/aromatic N) is 2. The quantitative estimate of drug-likeness (QED) is 0.343. The molecule has 1 aliphatic heterocycles. The summed E-state index contributed by atoms with van der Waals surface area (Å²) in [5, 5.41) is 25.8. The number of hydrogen-bond donors (Lipinski definition) is 0. The van der Waals surface area contributed by atoms with Crippen LogP contribution in [0.15, 0.2) is 77.6 Å². The maximum atomic E-state index is 13.1. The summed E-state index contributed by atoms with van der Waals surface area (Å²) in [4.78, 5) is 41.2. The predicted octanol–water partition coefficient (Wildman–Crippen LogP) is 2.05. The van der Waals surface area contributed by atoms with Gasteiger partial charge in [-0.3, -0.25) is 19.7 Å². The van der Waals surface area contributed by atoms with Gasteiger partial charge in [0.05, 0.1) is 22.4 Å². The molecule has 3 heterocycles. The standard InChI is InChI=1S/C21H15N3O5S/c25-19(16-7-3-9-30-16)17-18(14-5-1-6-15(10-14)24(28)29)23(21(27)20(17)26)12-13-4-2-8-22-11-13/h1-11,18,26H,12H2. The molecule has 150 valence electrons. The molecule has 1 unspecified atom stereocenters. The number of nitrogens with one attached hydrogen (secondary N) is 1. The van der Waals surface area contributed by atoms with Crippen molar-refractivity contribution in [2.24, 2.45) is 0 Å². The average Bonchev–Trinajstić information content (AvgIpc) is 3.37. The van der Waals surface area contributed by atoms with Crippen molar-refractivity contribution < 1.29 is 24.6 Å². The fourth-order valence-electron chi connectivity index (χ4n) is 3.45. The van der Waals surface area contributed by atoms with Crippen LogP contribution in [0.25, 0.3) is 0 Å². The Bertz CT molecular complexity index is 1160. The second kappa shape index (κ2) is 7.88. The highest BCUT2D eigenvalue weighted by molar-refractivity contribution is 7.12. The Balaban J connectivity index is 1.83. The summed E-state index contributed by atoms with van der Waals surface area (Å²) in [7, 11) is 0. The van der Waals surface area contributed by atoms with Crippen LogP contribution in [0.5, 0.6) is 0 Å². The Labute approximate surface area is 174 Å². The molecule has 0 radical (unpaired) electrons. The summed E-state index contributed by atoms with van der Waals surface area (Å²) in [6.07, 6.45) is 3.39. The van der Waals surface area contributed by atoms with E-state index in [1.165, 1.54) is 34.4 Å². The van der Waals surface area contributed by atoms with E-state index < -0.39 is 28.4 Å². The van der Waals surface area contributed by atoms with Crippen LogP contribution in [-0.4, -0.2) is 21.5 Å². The Hall–Kier alpha value is -3.85. The Morgan fingerprint density at radius 1 is 1.20 bits per heavy atom. The topological polar surface area (TPSA) is 118 Å². The number of aromatic amines is 1. The SMILES string of the molecule is O=C(C1=C([O-])C(=O)N(Cc2ccc[nH+]c2)C1c1cccc([N+](=O)[O-])c1)c1cccs1.